The van der Waals surface area contributed by atoms with Crippen LogP contribution in [-0.2, 0) is 14.3 Å². The van der Waals surface area contributed by atoms with Crippen molar-refractivity contribution in [1.29, 1.82) is 0 Å². The lowest BCUT2D eigenvalue weighted by atomic mass is 9.99. The fourth-order valence-corrected chi connectivity index (χ4v) is 6.18. The highest BCUT2D eigenvalue weighted by molar-refractivity contribution is 5.94. The fourth-order valence-electron chi connectivity index (χ4n) is 6.18. The summed E-state index contributed by atoms with van der Waals surface area (Å²) >= 11 is 0. The normalized spacial score (nSPS) is 21.2. The average molecular weight is 748 g/mol. The number of unbranched alkanes of at least 4 members (excludes halogenated alkanes) is 15. The first-order valence-corrected chi connectivity index (χ1v) is 19.7. The van der Waals surface area contributed by atoms with E-state index in [9.17, 15) is 35.1 Å². The number of hydrogen-bond donors (Lipinski definition) is 7. The van der Waals surface area contributed by atoms with Crippen LogP contribution in [0.1, 0.15) is 133 Å². The van der Waals surface area contributed by atoms with Crippen LogP contribution in [0.25, 0.3) is 10.4 Å². The van der Waals surface area contributed by atoms with E-state index in [0.29, 0.717) is 24.2 Å². The molecule has 0 aliphatic carbocycles. The van der Waals surface area contributed by atoms with Crippen LogP contribution in [0.3, 0.4) is 0 Å². The molecule has 14 heteroatoms. The maximum atomic E-state index is 12.9. The quantitative estimate of drug-likeness (QED) is 0.0177. The molecule has 0 unspecified atom stereocenters. The van der Waals surface area contributed by atoms with Crippen LogP contribution < -0.4 is 10.6 Å². The first-order valence-electron chi connectivity index (χ1n) is 19.7. The number of rotatable bonds is 29. The van der Waals surface area contributed by atoms with Gasteiger partial charge >= 0.3 is 0 Å². The highest BCUT2D eigenvalue weighted by Crippen LogP contribution is 2.22. The maximum Gasteiger partial charge on any atom is 0.251 e. The smallest absolute Gasteiger partial charge is 0.251 e. The predicted octanol–water partition coefficient (Wildman–Crippen LogP) is 5.62. The van der Waals surface area contributed by atoms with E-state index in [4.69, 9.17) is 15.0 Å². The van der Waals surface area contributed by atoms with Crippen molar-refractivity contribution in [1.82, 2.24) is 10.6 Å². The van der Waals surface area contributed by atoms with Crippen molar-refractivity contribution in [2.45, 2.75) is 165 Å². The number of aliphatic hydroxyl groups excluding tert-OH is 5. The Morgan fingerprint density at radius 3 is 2.11 bits per heavy atom. The fraction of sp³-hybridized carbons (Fsp3) is 0.744. The van der Waals surface area contributed by atoms with E-state index in [2.05, 4.69) is 27.6 Å². The Bertz CT molecular complexity index is 1210. The van der Waals surface area contributed by atoms with Crippen LogP contribution in [0, 0.1) is 0 Å². The highest BCUT2D eigenvalue weighted by atomic mass is 16.7. The summed E-state index contributed by atoms with van der Waals surface area (Å²) in [6.45, 7) is 1.90. The van der Waals surface area contributed by atoms with Crippen molar-refractivity contribution in [3.8, 4) is 0 Å². The van der Waals surface area contributed by atoms with Crippen molar-refractivity contribution < 1.29 is 44.6 Å². The SMILES string of the molecule is CCCCCCCCCCCCC/C=C/[C@@H](O)[C@H](CO[C@@H]1O[C@H](CO)[C@H](O)[C@H](O)[C@H]1O)NC(=O)CCCCCCCNC(=O)c1ccc(N=[N+]=[N-])cc1. The molecule has 2 amide bonds. The Morgan fingerprint density at radius 2 is 1.49 bits per heavy atom. The van der Waals surface area contributed by atoms with Gasteiger partial charge in [0.2, 0.25) is 5.91 Å². The number of benzene rings is 1. The van der Waals surface area contributed by atoms with E-state index in [-0.39, 0.29) is 24.8 Å². The van der Waals surface area contributed by atoms with Crippen molar-refractivity contribution in [3.05, 3.63) is 52.4 Å². The number of allylic oxidation sites excluding steroid dienone is 1. The molecule has 1 aliphatic rings. The van der Waals surface area contributed by atoms with Crippen LogP contribution in [0.5, 0.6) is 0 Å². The molecule has 2 rings (SSSR count). The third kappa shape index (κ3) is 19.2. The first kappa shape index (κ1) is 46.1. The molecule has 53 heavy (non-hydrogen) atoms. The van der Waals surface area contributed by atoms with Gasteiger partial charge in [-0.1, -0.05) is 120 Å². The summed E-state index contributed by atoms with van der Waals surface area (Å²) in [5.41, 5.74) is 9.41. The van der Waals surface area contributed by atoms with Crippen molar-refractivity contribution >= 4 is 17.5 Å². The molecule has 0 aromatic heterocycles. The summed E-state index contributed by atoms with van der Waals surface area (Å²) < 4.78 is 11.1. The number of ether oxygens (including phenoxy) is 2. The first-order chi connectivity index (χ1) is 25.7. The largest absolute Gasteiger partial charge is 0.394 e. The van der Waals surface area contributed by atoms with Gasteiger partial charge in [0.05, 0.1) is 25.4 Å². The number of carbonyl (C=O) groups is 2. The molecule has 1 fully saturated rings. The molecular weight excluding hydrogens is 682 g/mol. The van der Waals surface area contributed by atoms with Crippen LogP contribution >= 0.6 is 0 Å². The van der Waals surface area contributed by atoms with Gasteiger partial charge in [-0.15, -0.1) is 0 Å². The topological polar surface area (TPSA) is 227 Å². The van der Waals surface area contributed by atoms with Gasteiger partial charge < -0.3 is 45.6 Å². The van der Waals surface area contributed by atoms with Gasteiger partial charge in [0.25, 0.3) is 5.91 Å². The minimum absolute atomic E-state index is 0.203. The number of azide groups is 1. The van der Waals surface area contributed by atoms with E-state index in [1.165, 1.54) is 57.8 Å². The molecule has 0 spiro atoms. The summed E-state index contributed by atoms with van der Waals surface area (Å²) in [7, 11) is 0. The van der Waals surface area contributed by atoms with E-state index >= 15 is 0 Å². The van der Waals surface area contributed by atoms with Crippen LogP contribution in [-0.4, -0.2) is 100.0 Å². The predicted molar refractivity (Wildman–Crippen MR) is 203 cm³/mol. The molecule has 14 nitrogen and oxygen atoms in total. The van der Waals surface area contributed by atoms with Gasteiger partial charge in [-0.3, -0.25) is 9.59 Å². The Hall–Kier alpha value is -3.07. The van der Waals surface area contributed by atoms with Gasteiger partial charge in [0.1, 0.15) is 24.4 Å². The molecule has 1 aromatic carbocycles. The summed E-state index contributed by atoms with van der Waals surface area (Å²) in [6, 6.07) is 5.50. The molecule has 0 saturated carbocycles. The number of carbonyl (C=O) groups excluding carboxylic acids is 2. The molecule has 1 aromatic rings. The molecule has 0 bridgehead atoms. The van der Waals surface area contributed by atoms with E-state index in [0.717, 1.165) is 44.9 Å². The summed E-state index contributed by atoms with van der Waals surface area (Å²) in [5, 5.41) is 60.3. The third-order valence-corrected chi connectivity index (χ3v) is 9.51. The molecule has 1 saturated heterocycles. The van der Waals surface area contributed by atoms with Crippen LogP contribution in [0.4, 0.5) is 5.69 Å². The molecular formula is C39H65N5O9. The molecule has 1 heterocycles. The van der Waals surface area contributed by atoms with E-state index in [1.54, 1.807) is 30.3 Å². The standard InChI is InChI=1S/C39H65N5O9/c1-2-3-4-5-6-7-8-9-10-11-12-14-17-20-32(46)31(28-52-39-37(50)36(49)35(48)33(27-45)53-39)42-34(47)21-18-15-13-16-19-26-41-38(51)29-22-24-30(25-23-29)43-44-40/h17,20,22-25,31-33,35-37,39,45-46,48-50H,2-16,18-19,21,26-28H2,1H3,(H,41,51)(H,42,47)/b20-17+/t31-,32+,33+,35-,36-,37+,39+/m0/s1. The summed E-state index contributed by atoms with van der Waals surface area (Å²) in [6.07, 6.45) is 13.9. The molecule has 0 radical (unpaired) electrons. The second-order valence-corrected chi connectivity index (χ2v) is 14.0. The second-order valence-electron chi connectivity index (χ2n) is 14.0. The van der Waals surface area contributed by atoms with Crippen LogP contribution in [0.2, 0.25) is 0 Å². The van der Waals surface area contributed by atoms with Gasteiger partial charge in [-0.05, 0) is 43.3 Å². The monoisotopic (exact) mass is 747 g/mol. The zero-order valence-electron chi connectivity index (χ0n) is 31.6. The molecule has 7 atom stereocenters. The van der Waals surface area contributed by atoms with Crippen molar-refractivity contribution in [3.63, 3.8) is 0 Å². The average Bonchev–Trinajstić information content (AvgIpc) is 3.16. The highest BCUT2D eigenvalue weighted by Gasteiger charge is 2.44. The maximum absolute atomic E-state index is 12.9. The molecule has 1 aliphatic heterocycles. The number of nitrogens with zero attached hydrogens (tertiary/aromatic N) is 3. The number of nitrogens with one attached hydrogen (secondary N) is 2. The minimum atomic E-state index is -1.60. The third-order valence-electron chi connectivity index (χ3n) is 9.51. The second kappa shape index (κ2) is 28.4. The molecule has 300 valence electrons. The lowest BCUT2D eigenvalue weighted by Crippen LogP contribution is -2.60. The van der Waals surface area contributed by atoms with Gasteiger partial charge in [-0.25, -0.2) is 0 Å². The molecule has 7 N–H and O–H groups in total. The van der Waals surface area contributed by atoms with E-state index < -0.39 is 49.5 Å². The van der Waals surface area contributed by atoms with Gasteiger partial charge in [0, 0.05) is 29.1 Å². The zero-order chi connectivity index (χ0) is 38.7. The Kier molecular flexibility index (Phi) is 24.7. The summed E-state index contributed by atoms with van der Waals surface area (Å²) in [5.74, 6) is -0.477. The van der Waals surface area contributed by atoms with Gasteiger partial charge in [0.15, 0.2) is 6.29 Å². The van der Waals surface area contributed by atoms with Crippen molar-refractivity contribution in [2.75, 3.05) is 19.8 Å². The number of amides is 2. The lowest BCUT2D eigenvalue weighted by molar-refractivity contribution is -0.302. The Labute approximate surface area is 315 Å². The lowest BCUT2D eigenvalue weighted by Gasteiger charge is -2.40. The number of aliphatic hydroxyl groups is 5. The number of hydrogen-bond acceptors (Lipinski definition) is 10. The minimum Gasteiger partial charge on any atom is -0.394 e. The summed E-state index contributed by atoms with van der Waals surface area (Å²) in [4.78, 5) is 27.9. The van der Waals surface area contributed by atoms with E-state index in [1.807, 2.05) is 6.08 Å². The zero-order valence-corrected chi connectivity index (χ0v) is 31.6. The van der Waals surface area contributed by atoms with Crippen molar-refractivity contribution in [2.24, 2.45) is 5.11 Å². The Balaban J connectivity index is 1.74. The van der Waals surface area contributed by atoms with Gasteiger partial charge in [-0.2, -0.15) is 0 Å². The van der Waals surface area contributed by atoms with Crippen LogP contribution in [0.15, 0.2) is 41.5 Å². The Morgan fingerprint density at radius 1 is 0.887 bits per heavy atom.